The van der Waals surface area contributed by atoms with E-state index in [-0.39, 0.29) is 5.54 Å². The van der Waals surface area contributed by atoms with Crippen LogP contribution in [0.5, 0.6) is 0 Å². The van der Waals surface area contributed by atoms with Gasteiger partial charge in [0, 0.05) is 37.7 Å². The van der Waals surface area contributed by atoms with E-state index in [2.05, 4.69) is 34.9 Å². The third kappa shape index (κ3) is 3.30. The standard InChI is InChI=1S/C13H23N3O/c1-3-7-16-8-6-14-12(16)11-15-13(2)4-9-17-10-5-13/h6,8,15H,3-5,7,9-11H2,1-2H3. The van der Waals surface area contributed by atoms with Gasteiger partial charge in [-0.05, 0) is 26.2 Å². The molecule has 96 valence electrons. The van der Waals surface area contributed by atoms with Gasteiger partial charge < -0.3 is 14.6 Å². The van der Waals surface area contributed by atoms with Crippen LogP contribution in [0.3, 0.4) is 0 Å². The van der Waals surface area contributed by atoms with Crippen molar-refractivity contribution in [2.45, 2.75) is 51.7 Å². The van der Waals surface area contributed by atoms with Gasteiger partial charge in [0.2, 0.25) is 0 Å². The highest BCUT2D eigenvalue weighted by Crippen LogP contribution is 2.20. The van der Waals surface area contributed by atoms with Crippen molar-refractivity contribution in [2.75, 3.05) is 13.2 Å². The fraction of sp³-hybridized carbons (Fsp3) is 0.769. The molecule has 1 fully saturated rings. The van der Waals surface area contributed by atoms with E-state index in [1.54, 1.807) is 0 Å². The number of hydrogen-bond acceptors (Lipinski definition) is 3. The first kappa shape index (κ1) is 12.6. The maximum Gasteiger partial charge on any atom is 0.122 e. The molecule has 2 heterocycles. The molecule has 0 radical (unpaired) electrons. The predicted octanol–water partition coefficient (Wildman–Crippen LogP) is 1.95. The Morgan fingerprint density at radius 1 is 1.47 bits per heavy atom. The summed E-state index contributed by atoms with van der Waals surface area (Å²) in [7, 11) is 0. The minimum atomic E-state index is 0.210. The molecule has 4 heteroatoms. The van der Waals surface area contributed by atoms with Crippen LogP contribution >= 0.6 is 0 Å². The third-order valence-electron chi connectivity index (χ3n) is 3.54. The number of ether oxygens (including phenoxy) is 1. The van der Waals surface area contributed by atoms with Crippen molar-refractivity contribution < 1.29 is 4.74 Å². The van der Waals surface area contributed by atoms with Gasteiger partial charge in [0.1, 0.15) is 5.82 Å². The zero-order valence-electron chi connectivity index (χ0n) is 10.9. The summed E-state index contributed by atoms with van der Waals surface area (Å²) < 4.78 is 7.64. The molecule has 1 saturated heterocycles. The highest BCUT2D eigenvalue weighted by molar-refractivity contribution is 4.95. The molecule has 0 atom stereocenters. The van der Waals surface area contributed by atoms with E-state index in [0.717, 1.165) is 51.4 Å². The Morgan fingerprint density at radius 3 is 2.94 bits per heavy atom. The van der Waals surface area contributed by atoms with Crippen molar-refractivity contribution in [3.8, 4) is 0 Å². The van der Waals surface area contributed by atoms with Crippen molar-refractivity contribution in [3.05, 3.63) is 18.2 Å². The van der Waals surface area contributed by atoms with Gasteiger partial charge in [-0.25, -0.2) is 4.98 Å². The summed E-state index contributed by atoms with van der Waals surface area (Å²) in [4.78, 5) is 4.42. The van der Waals surface area contributed by atoms with Gasteiger partial charge in [-0.3, -0.25) is 0 Å². The van der Waals surface area contributed by atoms with Gasteiger partial charge >= 0.3 is 0 Å². The molecule has 0 bridgehead atoms. The lowest BCUT2D eigenvalue weighted by Crippen LogP contribution is -2.46. The lowest BCUT2D eigenvalue weighted by Gasteiger charge is -2.34. The molecule has 0 aliphatic carbocycles. The van der Waals surface area contributed by atoms with Crippen LogP contribution in [0.4, 0.5) is 0 Å². The van der Waals surface area contributed by atoms with E-state index >= 15 is 0 Å². The first-order valence-electron chi connectivity index (χ1n) is 6.56. The number of rotatable bonds is 5. The largest absolute Gasteiger partial charge is 0.381 e. The molecule has 0 spiro atoms. The number of nitrogens with one attached hydrogen (secondary N) is 1. The Balaban J connectivity index is 1.90. The molecule has 0 aromatic carbocycles. The van der Waals surface area contributed by atoms with Gasteiger partial charge in [0.25, 0.3) is 0 Å². The van der Waals surface area contributed by atoms with Crippen molar-refractivity contribution in [3.63, 3.8) is 0 Å². The minimum absolute atomic E-state index is 0.210. The molecular weight excluding hydrogens is 214 g/mol. The van der Waals surface area contributed by atoms with E-state index in [4.69, 9.17) is 4.74 Å². The fourth-order valence-corrected chi connectivity index (χ4v) is 2.24. The number of aryl methyl sites for hydroxylation is 1. The molecule has 1 N–H and O–H groups in total. The minimum Gasteiger partial charge on any atom is -0.381 e. The number of hydrogen-bond donors (Lipinski definition) is 1. The topological polar surface area (TPSA) is 39.1 Å². The van der Waals surface area contributed by atoms with Gasteiger partial charge in [-0.15, -0.1) is 0 Å². The summed E-state index contributed by atoms with van der Waals surface area (Å²) in [5.74, 6) is 1.14. The Morgan fingerprint density at radius 2 is 2.24 bits per heavy atom. The SMILES string of the molecule is CCCn1ccnc1CNC1(C)CCOCC1. The summed E-state index contributed by atoms with van der Waals surface area (Å²) in [5, 5.41) is 3.64. The number of nitrogens with zero attached hydrogens (tertiary/aromatic N) is 2. The van der Waals surface area contributed by atoms with Gasteiger partial charge in [-0.2, -0.15) is 0 Å². The summed E-state index contributed by atoms with van der Waals surface area (Å²) in [6, 6.07) is 0. The molecular formula is C13H23N3O. The molecule has 1 aromatic rings. The first-order chi connectivity index (χ1) is 8.23. The molecule has 17 heavy (non-hydrogen) atoms. The molecule has 2 rings (SSSR count). The van der Waals surface area contributed by atoms with Crippen LogP contribution in [-0.4, -0.2) is 28.3 Å². The molecule has 1 aromatic heterocycles. The van der Waals surface area contributed by atoms with Gasteiger partial charge in [0.05, 0.1) is 6.54 Å². The van der Waals surface area contributed by atoms with Crippen molar-refractivity contribution in [1.29, 1.82) is 0 Å². The average molecular weight is 237 g/mol. The second kappa shape index (κ2) is 5.65. The van der Waals surface area contributed by atoms with E-state index < -0.39 is 0 Å². The summed E-state index contributed by atoms with van der Waals surface area (Å²) >= 11 is 0. The quantitative estimate of drug-likeness (QED) is 0.850. The number of imidazole rings is 1. The summed E-state index contributed by atoms with van der Waals surface area (Å²) in [5.41, 5.74) is 0.210. The summed E-state index contributed by atoms with van der Waals surface area (Å²) in [6.45, 7) is 8.11. The monoisotopic (exact) mass is 237 g/mol. The van der Waals surface area contributed by atoms with Crippen LogP contribution in [0.2, 0.25) is 0 Å². The van der Waals surface area contributed by atoms with Crippen molar-refractivity contribution >= 4 is 0 Å². The Kier molecular flexibility index (Phi) is 4.18. The van der Waals surface area contributed by atoms with Crippen LogP contribution < -0.4 is 5.32 Å². The third-order valence-corrected chi connectivity index (χ3v) is 3.54. The Hall–Kier alpha value is -0.870. The van der Waals surface area contributed by atoms with E-state index in [1.807, 2.05) is 6.20 Å². The Labute approximate surface area is 103 Å². The zero-order valence-corrected chi connectivity index (χ0v) is 10.9. The smallest absolute Gasteiger partial charge is 0.122 e. The predicted molar refractivity (Wildman–Crippen MR) is 67.8 cm³/mol. The molecule has 1 aliphatic rings. The average Bonchev–Trinajstić information content (AvgIpc) is 2.76. The van der Waals surface area contributed by atoms with Crippen molar-refractivity contribution in [2.24, 2.45) is 0 Å². The van der Waals surface area contributed by atoms with Crippen LogP contribution in [-0.2, 0) is 17.8 Å². The second-order valence-electron chi connectivity index (χ2n) is 5.06. The summed E-state index contributed by atoms with van der Waals surface area (Å²) in [6.07, 6.45) is 7.27. The van der Waals surface area contributed by atoms with E-state index in [0.29, 0.717) is 0 Å². The first-order valence-corrected chi connectivity index (χ1v) is 6.56. The van der Waals surface area contributed by atoms with Crippen LogP contribution in [0.1, 0.15) is 38.9 Å². The molecule has 4 nitrogen and oxygen atoms in total. The fourth-order valence-electron chi connectivity index (χ4n) is 2.24. The lowest BCUT2D eigenvalue weighted by molar-refractivity contribution is 0.0442. The van der Waals surface area contributed by atoms with Gasteiger partial charge in [0.15, 0.2) is 0 Å². The number of aromatic nitrogens is 2. The Bertz CT molecular complexity index is 342. The molecule has 0 unspecified atom stereocenters. The van der Waals surface area contributed by atoms with Crippen LogP contribution in [0, 0.1) is 0 Å². The highest BCUT2D eigenvalue weighted by Gasteiger charge is 2.26. The highest BCUT2D eigenvalue weighted by atomic mass is 16.5. The van der Waals surface area contributed by atoms with Crippen LogP contribution in [0.15, 0.2) is 12.4 Å². The van der Waals surface area contributed by atoms with Crippen LogP contribution in [0.25, 0.3) is 0 Å². The zero-order chi connectivity index (χ0) is 12.1. The lowest BCUT2D eigenvalue weighted by atomic mass is 9.92. The molecule has 0 amide bonds. The molecule has 1 aliphatic heterocycles. The maximum absolute atomic E-state index is 5.40. The van der Waals surface area contributed by atoms with Crippen molar-refractivity contribution in [1.82, 2.24) is 14.9 Å². The normalized spacial score (nSPS) is 19.4. The second-order valence-corrected chi connectivity index (χ2v) is 5.06. The van der Waals surface area contributed by atoms with E-state index in [9.17, 15) is 0 Å². The van der Waals surface area contributed by atoms with E-state index in [1.165, 1.54) is 0 Å². The maximum atomic E-state index is 5.40. The van der Waals surface area contributed by atoms with Gasteiger partial charge in [-0.1, -0.05) is 6.92 Å². The molecule has 0 saturated carbocycles.